The highest BCUT2D eigenvalue weighted by molar-refractivity contribution is 9.11. The molecule has 1 aromatic carbocycles. The quantitative estimate of drug-likeness (QED) is 0.688. The first-order valence-electron chi connectivity index (χ1n) is 6.07. The summed E-state index contributed by atoms with van der Waals surface area (Å²) >= 11 is 10.5. The molecule has 1 aliphatic rings. The third-order valence-corrected chi connectivity index (χ3v) is 4.44. The molecule has 1 aromatic rings. The van der Waals surface area contributed by atoms with Gasteiger partial charge in [0.25, 0.3) is 0 Å². The molecule has 0 radical (unpaired) electrons. The molecule has 2 nitrogen and oxygen atoms in total. The van der Waals surface area contributed by atoms with E-state index in [0.717, 1.165) is 38.4 Å². The standard InChI is InChI=1S/C13H16Br3NO/c1-8(6-17-10-2-3-10)7-18-13-11(15)4-9(14)5-12(13)16/h4-5,8,10,17H,2-3,6-7H2,1H3. The van der Waals surface area contributed by atoms with Crippen LogP contribution in [-0.2, 0) is 0 Å². The van der Waals surface area contributed by atoms with Gasteiger partial charge in [0.05, 0.1) is 15.6 Å². The van der Waals surface area contributed by atoms with Gasteiger partial charge in [0.15, 0.2) is 0 Å². The van der Waals surface area contributed by atoms with Crippen LogP contribution in [0.5, 0.6) is 5.75 Å². The van der Waals surface area contributed by atoms with E-state index in [1.54, 1.807) is 0 Å². The van der Waals surface area contributed by atoms with Crippen LogP contribution < -0.4 is 10.1 Å². The Bertz CT molecular complexity index is 398. The van der Waals surface area contributed by atoms with Gasteiger partial charge in [-0.05, 0) is 56.8 Å². The Morgan fingerprint density at radius 3 is 2.44 bits per heavy atom. The van der Waals surface area contributed by atoms with Crippen molar-refractivity contribution in [2.24, 2.45) is 5.92 Å². The molecule has 1 aliphatic carbocycles. The lowest BCUT2D eigenvalue weighted by Gasteiger charge is -2.16. The third-order valence-electron chi connectivity index (χ3n) is 2.81. The van der Waals surface area contributed by atoms with Gasteiger partial charge in [-0.2, -0.15) is 0 Å². The van der Waals surface area contributed by atoms with Crippen molar-refractivity contribution in [1.82, 2.24) is 5.32 Å². The van der Waals surface area contributed by atoms with Crippen LogP contribution in [0.25, 0.3) is 0 Å². The van der Waals surface area contributed by atoms with E-state index in [4.69, 9.17) is 4.74 Å². The normalized spacial score (nSPS) is 16.7. The summed E-state index contributed by atoms with van der Waals surface area (Å²) in [6, 6.07) is 4.75. The average molecular weight is 442 g/mol. The second-order valence-corrected chi connectivity index (χ2v) is 7.42. The molecule has 1 unspecified atom stereocenters. The van der Waals surface area contributed by atoms with Crippen molar-refractivity contribution in [3.05, 3.63) is 25.6 Å². The molecule has 0 amide bonds. The summed E-state index contributed by atoms with van der Waals surface area (Å²) in [5.74, 6) is 1.38. The lowest BCUT2D eigenvalue weighted by Crippen LogP contribution is -2.26. The Hall–Kier alpha value is 0.420. The molecule has 1 N–H and O–H groups in total. The fourth-order valence-electron chi connectivity index (χ4n) is 1.61. The largest absolute Gasteiger partial charge is 0.491 e. The van der Waals surface area contributed by atoms with E-state index in [9.17, 15) is 0 Å². The first-order valence-corrected chi connectivity index (χ1v) is 8.45. The Morgan fingerprint density at radius 2 is 1.89 bits per heavy atom. The molecule has 100 valence electrons. The first-order chi connectivity index (χ1) is 8.56. The SMILES string of the molecule is CC(CNC1CC1)COc1c(Br)cc(Br)cc1Br. The Kier molecular flexibility index (Phi) is 5.54. The number of hydrogen-bond donors (Lipinski definition) is 1. The average Bonchev–Trinajstić information content (AvgIpc) is 3.08. The zero-order valence-corrected chi connectivity index (χ0v) is 14.9. The van der Waals surface area contributed by atoms with Crippen molar-refractivity contribution in [3.8, 4) is 5.75 Å². The van der Waals surface area contributed by atoms with Gasteiger partial charge in [0.1, 0.15) is 5.75 Å². The van der Waals surface area contributed by atoms with Gasteiger partial charge in [-0.3, -0.25) is 0 Å². The van der Waals surface area contributed by atoms with Gasteiger partial charge in [-0.15, -0.1) is 0 Å². The first kappa shape index (κ1) is 14.8. The molecule has 0 bridgehead atoms. The molecular formula is C13H16Br3NO. The zero-order chi connectivity index (χ0) is 13.1. The molecule has 18 heavy (non-hydrogen) atoms. The minimum Gasteiger partial charge on any atom is -0.491 e. The van der Waals surface area contributed by atoms with Crippen LogP contribution in [0.1, 0.15) is 19.8 Å². The van der Waals surface area contributed by atoms with Crippen molar-refractivity contribution >= 4 is 47.8 Å². The highest BCUT2D eigenvalue weighted by Gasteiger charge is 2.21. The van der Waals surface area contributed by atoms with Gasteiger partial charge in [-0.25, -0.2) is 0 Å². The minimum atomic E-state index is 0.507. The molecule has 0 spiro atoms. The lowest BCUT2D eigenvalue weighted by atomic mass is 10.2. The van der Waals surface area contributed by atoms with E-state index in [1.165, 1.54) is 12.8 Å². The van der Waals surface area contributed by atoms with E-state index < -0.39 is 0 Å². The van der Waals surface area contributed by atoms with E-state index >= 15 is 0 Å². The predicted octanol–water partition coefficient (Wildman–Crippen LogP) is 4.74. The van der Waals surface area contributed by atoms with Crippen molar-refractivity contribution in [3.63, 3.8) is 0 Å². The minimum absolute atomic E-state index is 0.507. The fourth-order valence-corrected chi connectivity index (χ4v) is 4.09. The number of ether oxygens (including phenoxy) is 1. The molecular weight excluding hydrogens is 426 g/mol. The summed E-state index contributed by atoms with van der Waals surface area (Å²) in [6.07, 6.45) is 2.66. The molecule has 1 saturated carbocycles. The van der Waals surface area contributed by atoms with Gasteiger partial charge < -0.3 is 10.1 Å². The topological polar surface area (TPSA) is 21.3 Å². The molecule has 0 aliphatic heterocycles. The van der Waals surface area contributed by atoms with Crippen LogP contribution in [-0.4, -0.2) is 19.2 Å². The van der Waals surface area contributed by atoms with E-state index in [0.29, 0.717) is 5.92 Å². The van der Waals surface area contributed by atoms with Gasteiger partial charge >= 0.3 is 0 Å². The van der Waals surface area contributed by atoms with Crippen LogP contribution in [0.2, 0.25) is 0 Å². The summed E-state index contributed by atoms with van der Waals surface area (Å²) in [7, 11) is 0. The van der Waals surface area contributed by atoms with Crippen LogP contribution >= 0.6 is 47.8 Å². The predicted molar refractivity (Wildman–Crippen MR) is 85.2 cm³/mol. The molecule has 1 atom stereocenters. The number of hydrogen-bond acceptors (Lipinski definition) is 2. The maximum absolute atomic E-state index is 5.88. The Balaban J connectivity index is 1.84. The molecule has 1 fully saturated rings. The maximum Gasteiger partial charge on any atom is 0.147 e. The van der Waals surface area contributed by atoms with E-state index in [2.05, 4.69) is 60.0 Å². The lowest BCUT2D eigenvalue weighted by molar-refractivity contribution is 0.252. The molecule has 2 rings (SSSR count). The highest BCUT2D eigenvalue weighted by atomic mass is 79.9. The summed E-state index contributed by atoms with van der Waals surface area (Å²) in [6.45, 7) is 3.95. The van der Waals surface area contributed by atoms with E-state index in [1.807, 2.05) is 12.1 Å². The Morgan fingerprint density at radius 1 is 1.28 bits per heavy atom. The second kappa shape index (κ2) is 6.73. The highest BCUT2D eigenvalue weighted by Crippen LogP contribution is 2.36. The number of nitrogens with one attached hydrogen (secondary N) is 1. The Labute approximate surface area is 133 Å². The van der Waals surface area contributed by atoms with E-state index in [-0.39, 0.29) is 0 Å². The van der Waals surface area contributed by atoms with Gasteiger partial charge in [-0.1, -0.05) is 22.9 Å². The summed E-state index contributed by atoms with van der Waals surface area (Å²) < 4.78 is 8.84. The number of halogens is 3. The van der Waals surface area contributed by atoms with Crippen molar-refractivity contribution < 1.29 is 4.74 Å². The van der Waals surface area contributed by atoms with Gasteiger partial charge in [0.2, 0.25) is 0 Å². The van der Waals surface area contributed by atoms with Crippen LogP contribution in [0.3, 0.4) is 0 Å². The molecule has 5 heteroatoms. The molecule has 0 aromatic heterocycles. The van der Waals surface area contributed by atoms with Crippen LogP contribution in [0.4, 0.5) is 0 Å². The smallest absolute Gasteiger partial charge is 0.147 e. The fraction of sp³-hybridized carbons (Fsp3) is 0.538. The molecule has 0 heterocycles. The summed E-state index contributed by atoms with van der Waals surface area (Å²) in [5.41, 5.74) is 0. The van der Waals surface area contributed by atoms with Crippen molar-refractivity contribution in [2.45, 2.75) is 25.8 Å². The van der Waals surface area contributed by atoms with Crippen molar-refractivity contribution in [2.75, 3.05) is 13.2 Å². The zero-order valence-electron chi connectivity index (χ0n) is 10.2. The summed E-state index contributed by atoms with van der Waals surface area (Å²) in [4.78, 5) is 0. The van der Waals surface area contributed by atoms with Crippen LogP contribution in [0.15, 0.2) is 25.6 Å². The number of rotatable bonds is 6. The van der Waals surface area contributed by atoms with Crippen LogP contribution in [0, 0.1) is 5.92 Å². The summed E-state index contributed by atoms with van der Waals surface area (Å²) in [5, 5.41) is 3.52. The molecule has 0 saturated heterocycles. The number of benzene rings is 1. The van der Waals surface area contributed by atoms with Crippen molar-refractivity contribution in [1.29, 1.82) is 0 Å². The van der Waals surface area contributed by atoms with Gasteiger partial charge in [0, 0.05) is 23.0 Å². The third kappa shape index (κ3) is 4.51. The monoisotopic (exact) mass is 439 g/mol. The maximum atomic E-state index is 5.88. The second-order valence-electron chi connectivity index (χ2n) is 4.80.